The van der Waals surface area contributed by atoms with Crippen LogP contribution in [0.15, 0.2) is 154 Å². The second-order valence-corrected chi connectivity index (χ2v) is 13.8. The summed E-state index contributed by atoms with van der Waals surface area (Å²) in [6.45, 7) is 0. The van der Waals surface area contributed by atoms with Crippen molar-refractivity contribution in [1.82, 2.24) is 0 Å². The smallest absolute Gasteiger partial charge is 0.135 e. The molecule has 0 aliphatic carbocycles. The molecular weight excluding hydrogens is 601 g/mol. The third-order valence-electron chi connectivity index (χ3n) is 8.89. The van der Waals surface area contributed by atoms with Crippen LogP contribution in [-0.4, -0.2) is 0 Å². The van der Waals surface area contributed by atoms with Crippen LogP contribution in [0, 0.1) is 0 Å². The van der Waals surface area contributed by atoms with Crippen LogP contribution in [0.3, 0.4) is 0 Å². The van der Waals surface area contributed by atoms with E-state index in [0.29, 0.717) is 0 Å². The zero-order chi connectivity index (χ0) is 30.2. The predicted octanol–water partition coefficient (Wildman–Crippen LogP) is 13.4. The monoisotopic (exact) mass is 624 g/mol. The van der Waals surface area contributed by atoms with E-state index in [1.807, 2.05) is 59.1 Å². The van der Waals surface area contributed by atoms with Crippen LogP contribution in [-0.2, 0) is 0 Å². The highest BCUT2D eigenvalue weighted by molar-refractivity contribution is 7.36. The summed E-state index contributed by atoms with van der Waals surface area (Å²) in [4.78, 5) is 0. The van der Waals surface area contributed by atoms with Gasteiger partial charge in [0, 0.05) is 42.1 Å². The topological polar surface area (TPSA) is 26.3 Å². The normalized spacial score (nSPS) is 11.9. The maximum atomic E-state index is 6.16. The minimum absolute atomic E-state index is 0.896. The van der Waals surface area contributed by atoms with Crippen molar-refractivity contribution < 1.29 is 8.83 Å². The number of furan rings is 2. The maximum Gasteiger partial charge on any atom is 0.135 e. The van der Waals surface area contributed by atoms with Crippen LogP contribution in [0.25, 0.3) is 96.4 Å². The lowest BCUT2D eigenvalue weighted by atomic mass is 10.0. The summed E-state index contributed by atoms with van der Waals surface area (Å²) in [5.41, 5.74) is 8.83. The average molecular weight is 625 g/mol. The predicted molar refractivity (Wildman–Crippen MR) is 196 cm³/mol. The van der Waals surface area contributed by atoms with Gasteiger partial charge < -0.3 is 8.83 Å². The third-order valence-corrected chi connectivity index (χ3v) is 11.4. The minimum Gasteiger partial charge on any atom is -0.456 e. The second kappa shape index (κ2) is 10.0. The van der Waals surface area contributed by atoms with Crippen LogP contribution in [0.5, 0.6) is 0 Å². The first kappa shape index (κ1) is 25.9. The summed E-state index contributed by atoms with van der Waals surface area (Å²) in [6, 6.07) is 51.7. The van der Waals surface area contributed by atoms with Gasteiger partial charge in [0.2, 0.25) is 0 Å². The van der Waals surface area contributed by atoms with Crippen molar-refractivity contribution in [3.05, 3.63) is 146 Å². The summed E-state index contributed by atoms with van der Waals surface area (Å²) in [5.74, 6) is 1.79. The standard InChI is InChI=1S/C42H24O2S2/c1-3-13-35-31(7-1)21-37(43-35)29-11-5-9-25(19-29)27-15-17-33-39(23-27)45-42-34-18-16-28(24-40(34)46-41(33)42)26-10-6-12-30(20-26)38-22-32-8-2-4-14-36(32)44-38/h1-24H. The molecule has 10 aromatic rings. The Bertz CT molecular complexity index is 2510. The van der Waals surface area contributed by atoms with E-state index in [-0.39, 0.29) is 0 Å². The van der Waals surface area contributed by atoms with Gasteiger partial charge in [0.25, 0.3) is 0 Å². The highest BCUT2D eigenvalue weighted by Crippen LogP contribution is 2.46. The van der Waals surface area contributed by atoms with E-state index in [1.165, 1.54) is 51.8 Å². The molecule has 0 saturated carbocycles. The van der Waals surface area contributed by atoms with Crippen LogP contribution in [0.4, 0.5) is 0 Å². The Kier molecular flexibility index (Phi) is 5.65. The molecule has 0 aliphatic rings. The second-order valence-electron chi connectivity index (χ2n) is 11.7. The fourth-order valence-corrected chi connectivity index (χ4v) is 9.30. The molecule has 0 unspecified atom stereocenters. The zero-order valence-electron chi connectivity index (χ0n) is 24.5. The highest BCUT2D eigenvalue weighted by Gasteiger charge is 2.15. The largest absolute Gasteiger partial charge is 0.456 e. The van der Waals surface area contributed by atoms with E-state index in [4.69, 9.17) is 8.83 Å². The van der Waals surface area contributed by atoms with Gasteiger partial charge in [-0.15, -0.1) is 22.7 Å². The molecule has 0 bridgehead atoms. The summed E-state index contributed by atoms with van der Waals surface area (Å²) in [7, 11) is 0. The minimum atomic E-state index is 0.896. The SMILES string of the molecule is c1cc(-c2ccc3c(c2)sc2c4ccc(-c5cccc(-c6cc7ccccc7o6)c5)cc4sc32)cc(-c2cc3ccccc3o2)c1. The summed E-state index contributed by atoms with van der Waals surface area (Å²) in [6.07, 6.45) is 0. The van der Waals surface area contributed by atoms with Crippen LogP contribution in [0.1, 0.15) is 0 Å². The van der Waals surface area contributed by atoms with E-state index < -0.39 is 0 Å². The maximum absolute atomic E-state index is 6.16. The lowest BCUT2D eigenvalue weighted by Gasteiger charge is -2.05. The number of rotatable bonds is 4. The Morgan fingerprint density at radius 3 is 1.26 bits per heavy atom. The molecule has 4 heteroatoms. The van der Waals surface area contributed by atoms with Crippen molar-refractivity contribution in [1.29, 1.82) is 0 Å². The number of hydrogen-bond donors (Lipinski definition) is 0. The van der Waals surface area contributed by atoms with E-state index in [2.05, 4.69) is 109 Å². The summed E-state index contributed by atoms with van der Waals surface area (Å²) in [5, 5.41) is 4.90. The Morgan fingerprint density at radius 1 is 0.348 bits per heavy atom. The molecule has 46 heavy (non-hydrogen) atoms. The summed E-state index contributed by atoms with van der Waals surface area (Å²) >= 11 is 3.79. The van der Waals surface area contributed by atoms with Gasteiger partial charge in [0.15, 0.2) is 0 Å². The first-order chi connectivity index (χ1) is 22.7. The molecule has 216 valence electrons. The van der Waals surface area contributed by atoms with Gasteiger partial charge in [-0.05, 0) is 70.8 Å². The molecule has 0 atom stereocenters. The molecule has 0 amide bonds. The molecule has 0 spiro atoms. The lowest BCUT2D eigenvalue weighted by Crippen LogP contribution is -1.80. The number of thiophene rings is 2. The Balaban J connectivity index is 1.00. The molecule has 6 aromatic carbocycles. The van der Waals surface area contributed by atoms with Gasteiger partial charge in [-0.1, -0.05) is 97.1 Å². The van der Waals surface area contributed by atoms with Crippen LogP contribution >= 0.6 is 22.7 Å². The molecule has 4 aromatic heterocycles. The van der Waals surface area contributed by atoms with E-state index in [1.54, 1.807) is 0 Å². The Morgan fingerprint density at radius 2 is 0.783 bits per heavy atom. The molecule has 0 saturated heterocycles. The average Bonchev–Trinajstić information content (AvgIpc) is 3.89. The van der Waals surface area contributed by atoms with Crippen molar-refractivity contribution in [3.63, 3.8) is 0 Å². The zero-order valence-corrected chi connectivity index (χ0v) is 26.1. The van der Waals surface area contributed by atoms with Gasteiger partial charge in [0.1, 0.15) is 22.7 Å². The molecule has 2 nitrogen and oxygen atoms in total. The fraction of sp³-hybridized carbons (Fsp3) is 0. The lowest BCUT2D eigenvalue weighted by molar-refractivity contribution is 0.631. The number of hydrogen-bond acceptors (Lipinski definition) is 4. The van der Waals surface area contributed by atoms with Crippen molar-refractivity contribution >= 4 is 74.2 Å². The van der Waals surface area contributed by atoms with Gasteiger partial charge >= 0.3 is 0 Å². The van der Waals surface area contributed by atoms with E-state index in [0.717, 1.165) is 44.6 Å². The van der Waals surface area contributed by atoms with Gasteiger partial charge in [-0.2, -0.15) is 0 Å². The first-order valence-electron chi connectivity index (χ1n) is 15.3. The molecule has 0 radical (unpaired) electrons. The Hall–Kier alpha value is -5.42. The number of benzene rings is 6. The molecule has 10 rings (SSSR count). The molecule has 4 heterocycles. The van der Waals surface area contributed by atoms with Gasteiger partial charge in [-0.3, -0.25) is 0 Å². The van der Waals surface area contributed by atoms with Crippen molar-refractivity contribution in [2.45, 2.75) is 0 Å². The van der Waals surface area contributed by atoms with Crippen molar-refractivity contribution in [2.75, 3.05) is 0 Å². The van der Waals surface area contributed by atoms with Crippen LogP contribution < -0.4 is 0 Å². The van der Waals surface area contributed by atoms with Gasteiger partial charge in [0.05, 0.1) is 9.40 Å². The highest BCUT2D eigenvalue weighted by atomic mass is 32.1. The quantitative estimate of drug-likeness (QED) is 0.195. The number of para-hydroxylation sites is 2. The Labute approximate surface area is 272 Å². The molecular formula is C42H24O2S2. The van der Waals surface area contributed by atoms with Crippen LogP contribution in [0.2, 0.25) is 0 Å². The van der Waals surface area contributed by atoms with Crippen molar-refractivity contribution in [2.24, 2.45) is 0 Å². The molecule has 0 fully saturated rings. The third kappa shape index (κ3) is 4.15. The van der Waals surface area contributed by atoms with Crippen molar-refractivity contribution in [3.8, 4) is 44.9 Å². The molecule has 0 aliphatic heterocycles. The van der Waals surface area contributed by atoms with E-state index >= 15 is 0 Å². The number of fused-ring (bicyclic) bond motifs is 7. The molecule has 0 N–H and O–H groups in total. The first-order valence-corrected chi connectivity index (χ1v) is 16.9. The fourth-order valence-electron chi connectivity index (χ4n) is 6.57. The van der Waals surface area contributed by atoms with E-state index in [9.17, 15) is 0 Å². The summed E-state index contributed by atoms with van der Waals surface area (Å²) < 4.78 is 17.7. The van der Waals surface area contributed by atoms with Gasteiger partial charge in [-0.25, -0.2) is 0 Å².